The number of carbonyl (C=O) groups is 2. The van der Waals surface area contributed by atoms with E-state index in [0.29, 0.717) is 11.4 Å². The number of carbonyl (C=O) groups excluding carboxylic acids is 1. The summed E-state index contributed by atoms with van der Waals surface area (Å²) in [7, 11) is 0. The van der Waals surface area contributed by atoms with E-state index in [2.05, 4.69) is 14.9 Å². The second kappa shape index (κ2) is 6.83. The summed E-state index contributed by atoms with van der Waals surface area (Å²) in [5.74, 6) is -1.02. The van der Waals surface area contributed by atoms with Crippen LogP contribution in [-0.4, -0.2) is 49.3 Å². The fourth-order valence-electron chi connectivity index (χ4n) is 2.64. The molecular weight excluding hydrogens is 338 g/mol. The van der Waals surface area contributed by atoms with Crippen molar-refractivity contribution in [2.45, 2.75) is 32.2 Å². The van der Waals surface area contributed by atoms with E-state index in [9.17, 15) is 23.5 Å². The molecule has 0 radical (unpaired) electrons. The van der Waals surface area contributed by atoms with Crippen LogP contribution < -0.4 is 4.74 Å². The molecule has 1 aliphatic rings. The van der Waals surface area contributed by atoms with Crippen LogP contribution in [0.3, 0.4) is 0 Å². The number of carboxylic acid groups (broad SMARTS) is 1. The van der Waals surface area contributed by atoms with E-state index >= 15 is 0 Å². The highest BCUT2D eigenvalue weighted by molar-refractivity contribution is 5.85. The number of alkyl halides is 2. The smallest absolute Gasteiger partial charge is 0.387 e. The molecule has 10 heteroatoms. The van der Waals surface area contributed by atoms with E-state index < -0.39 is 24.5 Å². The van der Waals surface area contributed by atoms with Gasteiger partial charge in [0.25, 0.3) is 0 Å². The zero-order valence-corrected chi connectivity index (χ0v) is 12.9. The normalized spacial score (nSPS) is 16.6. The topological polar surface area (TPSA) is 97.5 Å². The molecule has 2 heterocycles. The van der Waals surface area contributed by atoms with Gasteiger partial charge in [0.1, 0.15) is 18.1 Å². The number of carboxylic acids is 1. The van der Waals surface area contributed by atoms with E-state index in [1.54, 1.807) is 4.57 Å². The van der Waals surface area contributed by atoms with E-state index in [0.717, 1.165) is 0 Å². The van der Waals surface area contributed by atoms with Crippen molar-refractivity contribution in [1.82, 2.24) is 19.7 Å². The zero-order chi connectivity index (χ0) is 18.0. The number of nitrogens with zero attached hydrogens (tertiary/aromatic N) is 4. The third-order valence-corrected chi connectivity index (χ3v) is 3.86. The van der Waals surface area contributed by atoms with Crippen molar-refractivity contribution < 1.29 is 28.2 Å². The van der Waals surface area contributed by atoms with Gasteiger partial charge < -0.3 is 19.3 Å². The first-order valence-corrected chi connectivity index (χ1v) is 7.36. The van der Waals surface area contributed by atoms with Crippen molar-refractivity contribution in [2.75, 3.05) is 0 Å². The Balaban J connectivity index is 1.72. The average Bonchev–Trinajstić information content (AvgIpc) is 3.02. The maximum atomic E-state index is 12.5. The summed E-state index contributed by atoms with van der Waals surface area (Å²) in [4.78, 5) is 25.2. The van der Waals surface area contributed by atoms with Gasteiger partial charge >= 0.3 is 12.6 Å². The fourth-order valence-corrected chi connectivity index (χ4v) is 2.64. The van der Waals surface area contributed by atoms with E-state index in [1.807, 2.05) is 0 Å². The summed E-state index contributed by atoms with van der Waals surface area (Å²) in [5.41, 5.74) is 0.558. The van der Waals surface area contributed by atoms with Gasteiger partial charge in [-0.05, 0) is 17.7 Å². The number of hydrogen-bond donors (Lipinski definition) is 1. The summed E-state index contributed by atoms with van der Waals surface area (Å²) in [5, 5.41) is 17.0. The zero-order valence-electron chi connectivity index (χ0n) is 12.9. The first-order chi connectivity index (χ1) is 11.9. The highest BCUT2D eigenvalue weighted by Crippen LogP contribution is 2.19. The number of ether oxygens (including phenoxy) is 1. The highest BCUT2D eigenvalue weighted by Gasteiger charge is 2.35. The van der Waals surface area contributed by atoms with E-state index in [1.165, 1.54) is 35.5 Å². The molecule has 132 valence electrons. The molecule has 0 fully saturated rings. The average molecular weight is 352 g/mol. The predicted octanol–water partition coefficient (Wildman–Crippen LogP) is 0.918. The molecule has 25 heavy (non-hydrogen) atoms. The lowest BCUT2D eigenvalue weighted by atomic mass is 10.1. The number of halogens is 2. The van der Waals surface area contributed by atoms with Crippen LogP contribution in [0.1, 0.15) is 11.4 Å². The van der Waals surface area contributed by atoms with Crippen LogP contribution >= 0.6 is 0 Å². The van der Waals surface area contributed by atoms with Crippen LogP contribution in [0.4, 0.5) is 8.78 Å². The quantitative estimate of drug-likeness (QED) is 0.859. The summed E-state index contributed by atoms with van der Waals surface area (Å²) in [6.07, 6.45) is 1.36. The van der Waals surface area contributed by atoms with Crippen molar-refractivity contribution >= 4 is 11.9 Å². The van der Waals surface area contributed by atoms with Crippen molar-refractivity contribution in [3.05, 3.63) is 42.0 Å². The van der Waals surface area contributed by atoms with Crippen molar-refractivity contribution in [3.8, 4) is 5.75 Å². The molecule has 0 saturated heterocycles. The molecule has 0 saturated carbocycles. The molecule has 0 spiro atoms. The second-order valence-corrected chi connectivity index (χ2v) is 5.47. The number of rotatable bonds is 5. The van der Waals surface area contributed by atoms with E-state index in [-0.39, 0.29) is 25.3 Å². The van der Waals surface area contributed by atoms with Gasteiger partial charge in [-0.3, -0.25) is 4.79 Å². The third-order valence-electron chi connectivity index (χ3n) is 3.86. The molecule has 1 atom stereocenters. The van der Waals surface area contributed by atoms with Crippen LogP contribution in [0.2, 0.25) is 0 Å². The van der Waals surface area contributed by atoms with Gasteiger partial charge in [-0.15, -0.1) is 10.2 Å². The number of benzene rings is 1. The Morgan fingerprint density at radius 2 is 2.04 bits per heavy atom. The van der Waals surface area contributed by atoms with Crippen molar-refractivity contribution in [1.29, 1.82) is 0 Å². The molecule has 8 nitrogen and oxygen atoms in total. The van der Waals surface area contributed by atoms with Crippen molar-refractivity contribution in [3.63, 3.8) is 0 Å². The van der Waals surface area contributed by atoms with Crippen LogP contribution in [0.25, 0.3) is 0 Å². The highest BCUT2D eigenvalue weighted by atomic mass is 19.3. The lowest BCUT2D eigenvalue weighted by Crippen LogP contribution is -2.51. The number of fused-ring (bicyclic) bond motifs is 1. The van der Waals surface area contributed by atoms with Gasteiger partial charge in [-0.1, -0.05) is 12.1 Å². The van der Waals surface area contributed by atoms with E-state index in [4.69, 9.17) is 0 Å². The first-order valence-electron chi connectivity index (χ1n) is 7.36. The fraction of sp³-hybridized carbons (Fsp3) is 0.333. The minimum absolute atomic E-state index is 0.0133. The Bertz CT molecular complexity index is 778. The molecule has 0 aliphatic carbocycles. The minimum atomic E-state index is -2.92. The Morgan fingerprint density at radius 3 is 2.68 bits per heavy atom. The SMILES string of the molecule is O=C(O)C1Cn2cnnc2CN1C(=O)Cc1ccc(OC(F)F)cc1. The van der Waals surface area contributed by atoms with Gasteiger partial charge in [-0.25, -0.2) is 4.79 Å². The largest absolute Gasteiger partial charge is 0.480 e. The predicted molar refractivity (Wildman–Crippen MR) is 78.8 cm³/mol. The van der Waals surface area contributed by atoms with Crippen LogP contribution in [0, 0.1) is 0 Å². The van der Waals surface area contributed by atoms with Gasteiger partial charge in [0.05, 0.1) is 19.5 Å². The van der Waals surface area contributed by atoms with Crippen LogP contribution in [-0.2, 0) is 29.1 Å². The Morgan fingerprint density at radius 1 is 1.32 bits per heavy atom. The van der Waals surface area contributed by atoms with Crippen LogP contribution in [0.5, 0.6) is 5.75 Å². The lowest BCUT2D eigenvalue weighted by Gasteiger charge is -2.33. The molecule has 1 aromatic carbocycles. The molecule has 1 aliphatic heterocycles. The molecule has 2 aromatic rings. The van der Waals surface area contributed by atoms with Gasteiger partial charge in [0.15, 0.2) is 5.82 Å². The Hall–Kier alpha value is -3.04. The molecule has 1 N–H and O–H groups in total. The van der Waals surface area contributed by atoms with Gasteiger partial charge in [0.2, 0.25) is 5.91 Å². The lowest BCUT2D eigenvalue weighted by molar-refractivity contribution is -0.152. The number of aliphatic carboxylic acids is 1. The summed E-state index contributed by atoms with van der Waals surface area (Å²) in [6.45, 7) is -2.80. The Kier molecular flexibility index (Phi) is 4.59. The number of amides is 1. The van der Waals surface area contributed by atoms with Crippen LogP contribution in [0.15, 0.2) is 30.6 Å². The van der Waals surface area contributed by atoms with Crippen molar-refractivity contribution in [2.24, 2.45) is 0 Å². The van der Waals surface area contributed by atoms with Gasteiger partial charge in [-0.2, -0.15) is 8.78 Å². The monoisotopic (exact) mass is 352 g/mol. The summed E-state index contributed by atoms with van der Waals surface area (Å²) in [6, 6.07) is 4.61. The Labute approximate surface area is 140 Å². The maximum Gasteiger partial charge on any atom is 0.387 e. The summed E-state index contributed by atoms with van der Waals surface area (Å²) < 4.78 is 30.1. The molecule has 1 unspecified atom stereocenters. The summed E-state index contributed by atoms with van der Waals surface area (Å²) >= 11 is 0. The molecule has 1 aromatic heterocycles. The maximum absolute atomic E-state index is 12.5. The number of hydrogen-bond acceptors (Lipinski definition) is 5. The molecular formula is C15H14F2N4O4. The standard InChI is InChI=1S/C15H14F2N4O4/c16-15(17)25-10-3-1-9(2-4-10)5-13(22)21-7-12-19-18-8-20(12)6-11(21)14(23)24/h1-4,8,11,15H,5-7H2,(H,23,24). The second-order valence-electron chi connectivity index (χ2n) is 5.47. The molecule has 3 rings (SSSR count). The number of aromatic nitrogens is 3. The minimum Gasteiger partial charge on any atom is -0.480 e. The molecule has 0 bridgehead atoms. The third kappa shape index (κ3) is 3.73. The molecule has 1 amide bonds. The van der Waals surface area contributed by atoms with Gasteiger partial charge in [0, 0.05) is 0 Å². The first kappa shape index (κ1) is 16.8.